The lowest BCUT2D eigenvalue weighted by Crippen LogP contribution is -2.15. The number of methoxy groups -OCH3 is 1. The van der Waals surface area contributed by atoms with E-state index in [0.717, 1.165) is 6.07 Å². The number of nitrogens with two attached hydrogens (primary N) is 1. The van der Waals surface area contributed by atoms with Gasteiger partial charge in [0.25, 0.3) is 11.8 Å². The van der Waals surface area contributed by atoms with Crippen molar-refractivity contribution in [2.45, 2.75) is 13.0 Å². The van der Waals surface area contributed by atoms with Gasteiger partial charge < -0.3 is 21.1 Å². The van der Waals surface area contributed by atoms with Gasteiger partial charge in [0.15, 0.2) is 11.6 Å². The first-order chi connectivity index (χ1) is 16.8. The molecule has 10 heteroatoms. The molecule has 0 bridgehead atoms. The zero-order valence-corrected chi connectivity index (χ0v) is 18.8. The van der Waals surface area contributed by atoms with Crippen LogP contribution in [0.2, 0.25) is 0 Å². The largest absolute Gasteiger partial charge is 0.494 e. The van der Waals surface area contributed by atoms with Gasteiger partial charge in [-0.05, 0) is 55.0 Å². The Morgan fingerprint density at radius 1 is 1.03 bits per heavy atom. The molecule has 4 N–H and O–H groups in total. The van der Waals surface area contributed by atoms with Crippen molar-refractivity contribution in [2.24, 2.45) is 5.73 Å². The van der Waals surface area contributed by atoms with Crippen LogP contribution in [-0.4, -0.2) is 28.9 Å². The summed E-state index contributed by atoms with van der Waals surface area (Å²) in [6.07, 6.45) is 1.31. The quantitative estimate of drug-likeness (QED) is 0.362. The fraction of sp³-hybridized carbons (Fsp3) is 0.120. The van der Waals surface area contributed by atoms with Crippen LogP contribution >= 0.6 is 0 Å². The number of para-hydroxylation sites is 1. The molecule has 0 unspecified atom stereocenters. The average molecular weight is 477 g/mol. The van der Waals surface area contributed by atoms with Crippen LogP contribution in [0.3, 0.4) is 0 Å². The van der Waals surface area contributed by atoms with Gasteiger partial charge in [0.05, 0.1) is 29.9 Å². The van der Waals surface area contributed by atoms with Crippen LogP contribution in [-0.2, 0) is 0 Å². The minimum atomic E-state index is -0.705. The first-order valence-electron chi connectivity index (χ1n) is 10.5. The Kier molecular flexibility index (Phi) is 6.54. The van der Waals surface area contributed by atoms with E-state index in [-0.39, 0.29) is 28.6 Å². The number of carbonyl (C=O) groups excluding carboxylic acids is 2. The number of rotatable bonds is 7. The molecule has 8 nitrogen and oxygen atoms in total. The summed E-state index contributed by atoms with van der Waals surface area (Å²) >= 11 is 0. The molecule has 1 atom stereocenters. The van der Waals surface area contributed by atoms with Crippen LogP contribution in [0.5, 0.6) is 5.75 Å². The van der Waals surface area contributed by atoms with Gasteiger partial charge in [-0.25, -0.2) is 18.7 Å². The molecule has 1 aromatic heterocycles. The number of hydrogen-bond donors (Lipinski definition) is 3. The third-order valence-electron chi connectivity index (χ3n) is 5.44. The Hall–Kier alpha value is -4.60. The summed E-state index contributed by atoms with van der Waals surface area (Å²) in [5.41, 5.74) is 6.69. The molecule has 0 aliphatic carbocycles. The summed E-state index contributed by atoms with van der Waals surface area (Å²) in [7, 11) is 1.31. The van der Waals surface area contributed by atoms with E-state index < -0.39 is 23.4 Å². The monoisotopic (exact) mass is 477 g/mol. The maximum atomic E-state index is 14.5. The van der Waals surface area contributed by atoms with E-state index in [4.69, 9.17) is 10.5 Å². The van der Waals surface area contributed by atoms with Gasteiger partial charge in [-0.3, -0.25) is 9.59 Å². The number of fused-ring (bicyclic) bond motifs is 1. The fourth-order valence-electron chi connectivity index (χ4n) is 3.60. The highest BCUT2D eigenvalue weighted by atomic mass is 19.1. The lowest BCUT2D eigenvalue weighted by atomic mass is 10.1. The number of halogens is 2. The minimum Gasteiger partial charge on any atom is -0.494 e. The fourth-order valence-corrected chi connectivity index (χ4v) is 3.60. The van der Waals surface area contributed by atoms with Gasteiger partial charge in [-0.15, -0.1) is 0 Å². The predicted molar refractivity (Wildman–Crippen MR) is 127 cm³/mol. The minimum absolute atomic E-state index is 0.00479. The van der Waals surface area contributed by atoms with E-state index in [9.17, 15) is 18.4 Å². The second-order valence-electron chi connectivity index (χ2n) is 7.70. The lowest BCUT2D eigenvalue weighted by Gasteiger charge is -2.18. The molecule has 0 saturated carbocycles. The maximum Gasteiger partial charge on any atom is 0.255 e. The van der Waals surface area contributed by atoms with E-state index in [1.807, 2.05) is 6.92 Å². The number of benzene rings is 3. The third kappa shape index (κ3) is 4.86. The van der Waals surface area contributed by atoms with Gasteiger partial charge in [0.1, 0.15) is 18.0 Å². The standard InChI is InChI=1S/C25H21F2N5O3/c1-13(31-24-17-5-3-4-16(23(28)33)22(17)29-12-30-24)14-6-8-18(26)20(11-14)32-25(34)15-7-9-21(35-2)19(27)10-15/h3-13H,1-2H3,(H2,28,33)(H,32,34)(H,29,30,31)/t13-/m1/s1. The molecule has 0 aliphatic rings. The maximum absolute atomic E-state index is 14.5. The summed E-state index contributed by atoms with van der Waals surface area (Å²) in [5.74, 6) is -2.19. The SMILES string of the molecule is COc1ccc(C(=O)Nc2cc([C@@H](C)Nc3ncnc4c(C(N)=O)cccc34)ccc2F)cc1F. The van der Waals surface area contributed by atoms with Crippen molar-refractivity contribution in [1.82, 2.24) is 9.97 Å². The summed E-state index contributed by atoms with van der Waals surface area (Å²) in [6, 6.07) is 12.6. The molecule has 0 radical (unpaired) electrons. The van der Waals surface area contributed by atoms with Crippen molar-refractivity contribution < 1.29 is 23.1 Å². The lowest BCUT2D eigenvalue weighted by molar-refractivity contribution is 0.0998. The molecule has 178 valence electrons. The third-order valence-corrected chi connectivity index (χ3v) is 5.44. The number of amides is 2. The summed E-state index contributed by atoms with van der Waals surface area (Å²) in [6.45, 7) is 1.82. The van der Waals surface area contributed by atoms with Crippen molar-refractivity contribution in [3.63, 3.8) is 0 Å². The molecule has 1 heterocycles. The van der Waals surface area contributed by atoms with E-state index in [2.05, 4.69) is 20.6 Å². The predicted octanol–water partition coefficient (Wildman–Crippen LogP) is 4.44. The van der Waals surface area contributed by atoms with E-state index in [0.29, 0.717) is 22.3 Å². The number of hydrogen-bond acceptors (Lipinski definition) is 6. The van der Waals surface area contributed by atoms with Crippen molar-refractivity contribution >= 4 is 34.2 Å². The van der Waals surface area contributed by atoms with Crippen molar-refractivity contribution in [3.8, 4) is 5.75 Å². The summed E-state index contributed by atoms with van der Waals surface area (Å²) in [5, 5.41) is 6.28. The van der Waals surface area contributed by atoms with E-state index in [1.165, 1.54) is 37.7 Å². The number of aromatic nitrogens is 2. The number of primary amides is 1. The first kappa shape index (κ1) is 23.6. The second kappa shape index (κ2) is 9.72. The Labute approximate surface area is 199 Å². The van der Waals surface area contributed by atoms with Crippen molar-refractivity contribution in [2.75, 3.05) is 17.7 Å². The first-order valence-corrected chi connectivity index (χ1v) is 10.5. The Bertz CT molecular complexity index is 1440. The average Bonchev–Trinajstić information content (AvgIpc) is 2.85. The number of anilines is 2. The number of nitrogens with one attached hydrogen (secondary N) is 2. The van der Waals surface area contributed by atoms with Gasteiger partial charge >= 0.3 is 0 Å². The van der Waals surface area contributed by atoms with Crippen LogP contribution in [0, 0.1) is 11.6 Å². The zero-order chi connectivity index (χ0) is 25.1. The van der Waals surface area contributed by atoms with Crippen LogP contribution in [0.4, 0.5) is 20.3 Å². The Morgan fingerprint density at radius 3 is 2.54 bits per heavy atom. The zero-order valence-electron chi connectivity index (χ0n) is 18.8. The molecule has 3 aromatic carbocycles. The molecule has 2 amide bonds. The van der Waals surface area contributed by atoms with Crippen molar-refractivity contribution in [3.05, 3.63) is 89.2 Å². The second-order valence-corrected chi connectivity index (χ2v) is 7.70. The van der Waals surface area contributed by atoms with Gasteiger partial charge in [0.2, 0.25) is 0 Å². The van der Waals surface area contributed by atoms with Gasteiger partial charge in [0, 0.05) is 10.9 Å². The molecular formula is C25H21F2N5O3. The Morgan fingerprint density at radius 2 is 1.83 bits per heavy atom. The van der Waals surface area contributed by atoms with Gasteiger partial charge in [-0.2, -0.15) is 0 Å². The molecule has 0 fully saturated rings. The van der Waals surface area contributed by atoms with Crippen LogP contribution in [0.1, 0.15) is 39.2 Å². The number of ether oxygens (including phenoxy) is 1. The van der Waals surface area contributed by atoms with E-state index >= 15 is 0 Å². The van der Waals surface area contributed by atoms with Gasteiger partial charge in [-0.1, -0.05) is 12.1 Å². The summed E-state index contributed by atoms with van der Waals surface area (Å²) < 4.78 is 33.3. The summed E-state index contributed by atoms with van der Waals surface area (Å²) in [4.78, 5) is 32.7. The van der Waals surface area contributed by atoms with Crippen LogP contribution in [0.25, 0.3) is 10.9 Å². The van der Waals surface area contributed by atoms with Crippen molar-refractivity contribution in [1.29, 1.82) is 0 Å². The molecule has 4 aromatic rings. The molecule has 0 saturated heterocycles. The highest BCUT2D eigenvalue weighted by Crippen LogP contribution is 2.28. The number of carbonyl (C=O) groups is 2. The smallest absolute Gasteiger partial charge is 0.255 e. The normalized spacial score (nSPS) is 11.7. The van der Waals surface area contributed by atoms with Crippen LogP contribution in [0.15, 0.2) is 60.9 Å². The highest BCUT2D eigenvalue weighted by molar-refractivity contribution is 6.07. The molecule has 4 rings (SSSR count). The highest BCUT2D eigenvalue weighted by Gasteiger charge is 2.17. The molecule has 0 aliphatic heterocycles. The topological polar surface area (TPSA) is 119 Å². The molecule has 0 spiro atoms. The van der Waals surface area contributed by atoms with E-state index in [1.54, 1.807) is 24.3 Å². The Balaban J connectivity index is 1.58. The molecule has 35 heavy (non-hydrogen) atoms. The van der Waals surface area contributed by atoms with Crippen LogP contribution < -0.4 is 21.1 Å². The molecular weight excluding hydrogens is 456 g/mol. The number of nitrogens with zero attached hydrogens (tertiary/aromatic N) is 2.